The molecule has 2 N–H and O–H groups in total. The number of aromatic nitrogens is 3. The fourth-order valence-electron chi connectivity index (χ4n) is 6.75. The Kier molecular flexibility index (Phi) is 7.28. The van der Waals surface area contributed by atoms with E-state index in [-0.39, 0.29) is 30.2 Å². The summed E-state index contributed by atoms with van der Waals surface area (Å²) in [5.41, 5.74) is -2.15. The quantitative estimate of drug-likeness (QED) is 0.400. The summed E-state index contributed by atoms with van der Waals surface area (Å²) in [7, 11) is 1.45. The number of carbonyl (C=O) groups is 1. The molecule has 1 unspecified atom stereocenters. The van der Waals surface area contributed by atoms with Gasteiger partial charge in [0.05, 0.1) is 29.8 Å². The number of halogens is 3. The first-order chi connectivity index (χ1) is 18.4. The number of anilines is 1. The lowest BCUT2D eigenvalue weighted by Crippen LogP contribution is -2.66. The molecule has 0 aliphatic carbocycles. The summed E-state index contributed by atoms with van der Waals surface area (Å²) < 4.78 is 46.2. The molecular weight excluding hydrogens is 523 g/mol. The van der Waals surface area contributed by atoms with Gasteiger partial charge in [-0.3, -0.25) is 4.79 Å². The minimum absolute atomic E-state index is 0.0835. The van der Waals surface area contributed by atoms with Gasteiger partial charge in [-0.2, -0.15) is 13.2 Å². The molecule has 1 atom stereocenters. The van der Waals surface area contributed by atoms with Gasteiger partial charge in [0.2, 0.25) is 11.8 Å². The van der Waals surface area contributed by atoms with Crippen molar-refractivity contribution >= 4 is 22.6 Å². The number of hydrogen-bond donors (Lipinski definition) is 2. The summed E-state index contributed by atoms with van der Waals surface area (Å²) in [6, 6.07) is 5.26. The van der Waals surface area contributed by atoms with Crippen LogP contribution in [0.2, 0.25) is 0 Å². The number of amides is 1. The topological polar surface area (TPSA) is 100 Å². The average molecular weight is 560 g/mol. The minimum Gasteiger partial charge on any atom is -0.479 e. The van der Waals surface area contributed by atoms with Crippen LogP contribution in [0.25, 0.3) is 10.9 Å². The van der Waals surface area contributed by atoms with Gasteiger partial charge in [-0.25, -0.2) is 15.0 Å². The zero-order chi connectivity index (χ0) is 29.8. The standard InChI is InChI=1S/C29H36F3N5O3/c1-16-19(10-9-11-21(16)29(30,31)32)17(2)35-24-20-12-22(36-25(40-8)23(20)33-15-34-24)28(39)13-26(4,5)37(18(3)38)27(6,7)14-28/h9-12,15,17,39H,13-14H2,1-8H3,(H,33,34,35). The molecule has 8 nitrogen and oxygen atoms in total. The largest absolute Gasteiger partial charge is 0.479 e. The number of nitrogens with zero attached hydrogens (tertiary/aromatic N) is 4. The fraction of sp³-hybridized carbons (Fsp3) is 0.517. The van der Waals surface area contributed by atoms with Crippen molar-refractivity contribution in [1.29, 1.82) is 0 Å². The normalized spacial score (nSPS) is 18.9. The molecule has 0 radical (unpaired) electrons. The van der Waals surface area contributed by atoms with E-state index in [0.29, 0.717) is 28.0 Å². The van der Waals surface area contributed by atoms with E-state index in [9.17, 15) is 23.1 Å². The molecule has 11 heteroatoms. The van der Waals surface area contributed by atoms with Crippen LogP contribution in [0.1, 0.15) is 82.8 Å². The number of hydrogen-bond acceptors (Lipinski definition) is 7. The lowest BCUT2D eigenvalue weighted by molar-refractivity contribution is -0.168. The molecule has 4 rings (SSSR count). The Balaban J connectivity index is 1.81. The molecule has 1 aromatic carbocycles. The first-order valence-electron chi connectivity index (χ1n) is 13.1. The summed E-state index contributed by atoms with van der Waals surface area (Å²) in [6.45, 7) is 12.4. The highest BCUT2D eigenvalue weighted by molar-refractivity contribution is 5.92. The maximum absolute atomic E-state index is 13.5. The molecule has 3 heterocycles. The Morgan fingerprint density at radius 3 is 2.33 bits per heavy atom. The minimum atomic E-state index is -4.47. The van der Waals surface area contributed by atoms with Crippen LogP contribution in [-0.2, 0) is 16.6 Å². The van der Waals surface area contributed by atoms with E-state index < -0.39 is 34.5 Å². The maximum atomic E-state index is 13.5. The van der Waals surface area contributed by atoms with Crippen molar-refractivity contribution in [1.82, 2.24) is 19.9 Å². The number of likely N-dealkylation sites (tertiary alicyclic amines) is 1. The van der Waals surface area contributed by atoms with Gasteiger partial charge >= 0.3 is 6.18 Å². The highest BCUT2D eigenvalue weighted by Crippen LogP contribution is 2.49. The number of fused-ring (bicyclic) bond motifs is 1. The summed E-state index contributed by atoms with van der Waals surface area (Å²) in [4.78, 5) is 27.7. The highest BCUT2D eigenvalue weighted by Gasteiger charge is 2.54. The van der Waals surface area contributed by atoms with Gasteiger partial charge in [-0.1, -0.05) is 12.1 Å². The van der Waals surface area contributed by atoms with Crippen molar-refractivity contribution in [2.75, 3.05) is 12.4 Å². The Morgan fingerprint density at radius 2 is 1.77 bits per heavy atom. The molecule has 40 heavy (non-hydrogen) atoms. The molecule has 0 saturated carbocycles. The lowest BCUT2D eigenvalue weighted by Gasteiger charge is -2.57. The molecular formula is C29H36F3N5O3. The second kappa shape index (κ2) is 9.87. The van der Waals surface area contributed by atoms with E-state index in [0.717, 1.165) is 6.07 Å². The highest BCUT2D eigenvalue weighted by atomic mass is 19.4. The Labute approximate surface area is 232 Å². The smallest absolute Gasteiger partial charge is 0.416 e. The molecule has 3 aromatic rings. The number of carbonyl (C=O) groups excluding carboxylic acids is 1. The van der Waals surface area contributed by atoms with E-state index in [1.807, 2.05) is 27.7 Å². The number of rotatable bonds is 5. The third-order valence-corrected chi connectivity index (χ3v) is 7.74. The summed E-state index contributed by atoms with van der Waals surface area (Å²) >= 11 is 0. The molecule has 1 aliphatic heterocycles. The Bertz CT molecular complexity index is 1440. The van der Waals surface area contributed by atoms with E-state index in [4.69, 9.17) is 4.74 Å². The van der Waals surface area contributed by atoms with E-state index in [1.165, 1.54) is 33.4 Å². The summed E-state index contributed by atoms with van der Waals surface area (Å²) in [5, 5.41) is 15.8. The van der Waals surface area contributed by atoms with Gasteiger partial charge in [0.15, 0.2) is 0 Å². The van der Waals surface area contributed by atoms with Crippen LogP contribution in [0.5, 0.6) is 5.88 Å². The van der Waals surface area contributed by atoms with Crippen LogP contribution >= 0.6 is 0 Å². The summed E-state index contributed by atoms with van der Waals surface area (Å²) in [6.07, 6.45) is -2.70. The number of piperidine rings is 1. The van der Waals surface area contributed by atoms with Crippen LogP contribution in [-0.4, -0.2) is 49.1 Å². The van der Waals surface area contributed by atoms with Gasteiger partial charge < -0.3 is 20.1 Å². The second-order valence-corrected chi connectivity index (χ2v) is 11.9. The first-order valence-corrected chi connectivity index (χ1v) is 13.1. The monoisotopic (exact) mass is 559 g/mol. The van der Waals surface area contributed by atoms with Crippen molar-refractivity contribution in [3.8, 4) is 5.88 Å². The maximum Gasteiger partial charge on any atom is 0.416 e. The molecule has 0 bridgehead atoms. The molecule has 1 saturated heterocycles. The Hall–Kier alpha value is -3.47. The number of benzene rings is 1. The first kappa shape index (κ1) is 29.5. The van der Waals surface area contributed by atoms with Crippen LogP contribution in [0.4, 0.5) is 19.0 Å². The molecule has 1 fully saturated rings. The van der Waals surface area contributed by atoms with Crippen LogP contribution < -0.4 is 10.1 Å². The zero-order valence-corrected chi connectivity index (χ0v) is 24.1. The summed E-state index contributed by atoms with van der Waals surface area (Å²) in [5.74, 6) is 0.457. The van der Waals surface area contributed by atoms with Crippen molar-refractivity contribution < 1.29 is 27.8 Å². The van der Waals surface area contributed by atoms with Crippen molar-refractivity contribution in [2.45, 2.75) is 90.2 Å². The van der Waals surface area contributed by atoms with Crippen molar-refractivity contribution in [3.63, 3.8) is 0 Å². The average Bonchev–Trinajstić information content (AvgIpc) is 2.80. The van der Waals surface area contributed by atoms with E-state index in [1.54, 1.807) is 24.0 Å². The number of ether oxygens (including phenoxy) is 1. The molecule has 1 aliphatic rings. The molecule has 1 amide bonds. The molecule has 2 aromatic heterocycles. The van der Waals surface area contributed by atoms with Gasteiger partial charge in [0.1, 0.15) is 23.3 Å². The number of aliphatic hydroxyl groups is 1. The van der Waals surface area contributed by atoms with Crippen LogP contribution in [0, 0.1) is 6.92 Å². The number of alkyl halides is 3. The third kappa shape index (κ3) is 5.18. The molecule has 216 valence electrons. The third-order valence-electron chi connectivity index (χ3n) is 7.74. The van der Waals surface area contributed by atoms with Gasteiger partial charge in [0, 0.05) is 30.8 Å². The number of pyridine rings is 1. The van der Waals surface area contributed by atoms with Crippen molar-refractivity contribution in [2.24, 2.45) is 0 Å². The lowest BCUT2D eigenvalue weighted by atomic mass is 9.69. The van der Waals surface area contributed by atoms with E-state index >= 15 is 0 Å². The predicted octanol–water partition coefficient (Wildman–Crippen LogP) is 5.92. The Morgan fingerprint density at radius 1 is 1.15 bits per heavy atom. The molecule has 0 spiro atoms. The predicted molar refractivity (Wildman–Crippen MR) is 146 cm³/mol. The van der Waals surface area contributed by atoms with Crippen LogP contribution in [0.15, 0.2) is 30.6 Å². The van der Waals surface area contributed by atoms with Crippen molar-refractivity contribution in [3.05, 3.63) is 53.0 Å². The number of methoxy groups -OCH3 is 1. The number of nitrogens with one attached hydrogen (secondary N) is 1. The van der Waals surface area contributed by atoms with Gasteiger partial charge in [-0.05, 0) is 64.8 Å². The van der Waals surface area contributed by atoms with Gasteiger partial charge in [0.25, 0.3) is 0 Å². The van der Waals surface area contributed by atoms with Gasteiger partial charge in [-0.15, -0.1) is 0 Å². The second-order valence-electron chi connectivity index (χ2n) is 11.9. The zero-order valence-electron chi connectivity index (χ0n) is 24.1. The van der Waals surface area contributed by atoms with E-state index in [2.05, 4.69) is 20.3 Å². The SMILES string of the molecule is COc1nc(C2(O)CC(C)(C)N(C(C)=O)C(C)(C)C2)cc2c(NC(C)c3cccc(C(F)(F)F)c3C)ncnc12. The fourth-order valence-corrected chi connectivity index (χ4v) is 6.75. The van der Waals surface area contributed by atoms with Crippen LogP contribution in [0.3, 0.4) is 0 Å².